The van der Waals surface area contributed by atoms with Gasteiger partial charge in [-0.05, 0) is 104 Å². The summed E-state index contributed by atoms with van der Waals surface area (Å²) in [5.74, 6) is 1.61. The fourth-order valence-electron chi connectivity index (χ4n) is 6.01. The third-order valence-electron chi connectivity index (χ3n) is 10.1. The minimum Gasteiger partial charge on any atom is -1.00 e. The first-order valence-corrected chi connectivity index (χ1v) is 21.3. The average molecular weight is 1200 g/mol. The van der Waals surface area contributed by atoms with Crippen molar-refractivity contribution in [1.29, 1.82) is 0 Å². The molecule has 3 aliphatic rings. The predicted molar refractivity (Wildman–Crippen MR) is 236 cm³/mol. The zero-order chi connectivity index (χ0) is 45.1. The van der Waals surface area contributed by atoms with Crippen LogP contribution in [-0.4, -0.2) is 76.7 Å². The van der Waals surface area contributed by atoms with Crippen LogP contribution in [0.5, 0.6) is 11.5 Å². The van der Waals surface area contributed by atoms with E-state index in [1.54, 1.807) is 26.3 Å². The molecule has 19 heteroatoms. The molecular formula is C43H52BBrCs2O13S2. The van der Waals surface area contributed by atoms with Crippen LogP contribution in [0.1, 0.15) is 80.7 Å². The minimum atomic E-state index is -0.296. The fraction of sp³-hybridized carbons (Fsp3) is 0.419. The van der Waals surface area contributed by atoms with Gasteiger partial charge in [0.25, 0.3) is 6.47 Å². The molecule has 4 atom stereocenters. The number of thiophene rings is 2. The maximum atomic E-state index is 12.5. The predicted octanol–water partition coefficient (Wildman–Crippen LogP) is 2.59. The summed E-state index contributed by atoms with van der Waals surface area (Å²) < 4.78 is 33.9. The van der Waals surface area contributed by atoms with Crippen molar-refractivity contribution in [3.05, 3.63) is 75.3 Å². The van der Waals surface area contributed by atoms with Gasteiger partial charge in [0.1, 0.15) is 11.5 Å². The van der Waals surface area contributed by atoms with E-state index in [4.69, 9.17) is 33.6 Å². The molecule has 1 aliphatic heterocycles. The quantitative estimate of drug-likeness (QED) is 0.0537. The number of ether oxygens (including phenoxy) is 4. The van der Waals surface area contributed by atoms with E-state index in [0.29, 0.717) is 22.6 Å². The smallest absolute Gasteiger partial charge is 1.00 e. The van der Waals surface area contributed by atoms with E-state index in [2.05, 4.69) is 38.7 Å². The van der Waals surface area contributed by atoms with Gasteiger partial charge >= 0.3 is 157 Å². The van der Waals surface area contributed by atoms with Crippen molar-refractivity contribution >= 4 is 102 Å². The first kappa shape index (κ1) is 59.7. The Labute approximate surface area is 499 Å². The summed E-state index contributed by atoms with van der Waals surface area (Å²) in [5, 5.41) is 10.4. The van der Waals surface area contributed by atoms with Gasteiger partial charge in [0, 0.05) is 26.8 Å². The van der Waals surface area contributed by atoms with Gasteiger partial charge < -0.3 is 39.8 Å². The Bertz CT molecular complexity index is 2200. The summed E-state index contributed by atoms with van der Waals surface area (Å²) in [7, 11) is 5.67. The standard InChI is InChI=1S/C17H16O4S.C15H13BrO4S.C8H15BO2.C2H6.CH2O3.2Cs.H/c1-4-9-5-10-6-15(22-14(10)8-13(9)20-2)16(18)11-7-12(11)17(19)21-3;1-19-11-6-12-7(3-10(11)16)4-13(21-12)14(17)8-5-9(8)15(18)20-2;1-6-9-10-7(2,3)8(4,5)11-9;1-2;2-1-4-3;;;/h4-6,8,11-12H,1,7H2,2-3H3;3-4,6,8-9H,5H2,1-2H3;6H,1H2,2-5H3;1-2H3;1,3H;;;/q;;;;;2*+1;-1/p-1/t11-,12+;8-,9+;;;;;;/m11....../s1. The van der Waals surface area contributed by atoms with Crippen LogP contribution in [0, 0.1) is 23.7 Å². The fourth-order valence-corrected chi connectivity index (χ4v) is 8.68. The molecular weight excluding hydrogens is 1150 g/mol. The molecule has 2 aromatic heterocycles. The van der Waals surface area contributed by atoms with Gasteiger partial charge in [0.2, 0.25) is 0 Å². The van der Waals surface area contributed by atoms with Crippen LogP contribution in [-0.2, 0) is 38.1 Å². The second-order valence-corrected chi connectivity index (χ2v) is 17.3. The number of Topliss-reactive ketones (excluding diaryl/α,β-unsaturated/α-hetero) is 2. The Morgan fingerprint density at radius 2 is 1.16 bits per heavy atom. The maximum Gasteiger partial charge on any atom is 1.00 e. The molecule has 2 aliphatic carbocycles. The van der Waals surface area contributed by atoms with Gasteiger partial charge in [-0.2, -0.15) is 0 Å². The average Bonchev–Trinajstić information content (AvgIpc) is 4.13. The largest absolute Gasteiger partial charge is 1.00 e. The van der Waals surface area contributed by atoms with Crippen LogP contribution in [0.3, 0.4) is 0 Å². The third-order valence-corrected chi connectivity index (χ3v) is 13.0. The summed E-state index contributed by atoms with van der Waals surface area (Å²) in [4.78, 5) is 60.4. The van der Waals surface area contributed by atoms with E-state index in [0.717, 1.165) is 41.7 Å². The van der Waals surface area contributed by atoms with Crippen LogP contribution in [0.2, 0.25) is 0 Å². The van der Waals surface area contributed by atoms with Crippen molar-refractivity contribution < 1.29 is 202 Å². The van der Waals surface area contributed by atoms with E-state index >= 15 is 0 Å². The van der Waals surface area contributed by atoms with Gasteiger partial charge in [-0.1, -0.05) is 32.5 Å². The first-order chi connectivity index (χ1) is 28.4. The Morgan fingerprint density at radius 3 is 1.50 bits per heavy atom. The number of esters is 2. The number of methoxy groups -OCH3 is 4. The molecule has 0 spiro atoms. The zero-order valence-electron chi connectivity index (χ0n) is 38.4. The molecule has 0 amide bonds. The number of fused-ring (bicyclic) bond motifs is 2. The van der Waals surface area contributed by atoms with E-state index in [1.807, 2.05) is 77.9 Å². The topological polar surface area (TPSA) is 173 Å². The van der Waals surface area contributed by atoms with Gasteiger partial charge in [0.05, 0.1) is 65.7 Å². The number of hydrogen-bond donors (Lipinski definition) is 0. The van der Waals surface area contributed by atoms with Crippen molar-refractivity contribution in [2.75, 3.05) is 28.4 Å². The van der Waals surface area contributed by atoms with Crippen molar-refractivity contribution in [2.24, 2.45) is 23.7 Å². The molecule has 0 N–H and O–H groups in total. The molecule has 0 unspecified atom stereocenters. The summed E-state index contributed by atoms with van der Waals surface area (Å²) in [6, 6.07) is 11.5. The molecule has 3 fully saturated rings. The van der Waals surface area contributed by atoms with Gasteiger partial charge in [-0.15, -0.1) is 29.3 Å². The van der Waals surface area contributed by atoms with Crippen LogP contribution in [0.25, 0.3) is 26.2 Å². The maximum absolute atomic E-state index is 12.5. The number of halogens is 1. The Balaban J connectivity index is 0.000000875. The Kier molecular flexibility index (Phi) is 26.5. The van der Waals surface area contributed by atoms with Crippen molar-refractivity contribution in [3.63, 3.8) is 0 Å². The Morgan fingerprint density at radius 1 is 0.758 bits per heavy atom. The second-order valence-electron chi connectivity index (χ2n) is 14.3. The van der Waals surface area contributed by atoms with Gasteiger partial charge in [-0.3, -0.25) is 24.0 Å². The van der Waals surface area contributed by atoms with Crippen molar-refractivity contribution in [1.82, 2.24) is 0 Å². The minimum absolute atomic E-state index is 0. The van der Waals surface area contributed by atoms with E-state index in [-0.39, 0.29) is 211 Å². The number of rotatable bonds is 11. The summed E-state index contributed by atoms with van der Waals surface area (Å²) >= 11 is 6.30. The number of benzene rings is 2. The zero-order valence-corrected chi connectivity index (χ0v) is 53.2. The normalized spacial score (nSPS) is 19.1. The molecule has 13 nitrogen and oxygen atoms in total. The number of carbonyl (C=O) groups excluding carboxylic acids is 5. The van der Waals surface area contributed by atoms with Crippen LogP contribution < -0.4 is 153 Å². The third kappa shape index (κ3) is 15.4. The number of ketones is 2. The number of hydrogen-bond acceptors (Lipinski definition) is 15. The van der Waals surface area contributed by atoms with Crippen molar-refractivity contribution in [2.45, 2.75) is 65.6 Å². The van der Waals surface area contributed by atoms with Crippen LogP contribution in [0.4, 0.5) is 0 Å². The Hall–Kier alpha value is -0.281. The SMILES string of the molecule is C=CB1OC(C)(C)C(C)(C)O1.C=Cc1cc2cc(C(=O)[C@@H]3C[C@@H]3C(=O)OC)sc2cc1OC.CC.COC(=O)[C@H]1C[C@H]1C(=O)c1cc2cc(Br)c(OC)cc2s1.O=CO[O-].[Cs+].[Cs+].[H-]. The van der Waals surface area contributed by atoms with Gasteiger partial charge in [0.15, 0.2) is 11.6 Å². The number of carbonyl (C=O) groups is 5. The summed E-state index contributed by atoms with van der Waals surface area (Å²) in [6.45, 7) is 19.3. The molecule has 0 bridgehead atoms. The van der Waals surface area contributed by atoms with Crippen LogP contribution >= 0.6 is 38.6 Å². The molecule has 326 valence electrons. The molecule has 3 heterocycles. The van der Waals surface area contributed by atoms with Crippen LogP contribution in [0.15, 0.2) is 60.0 Å². The molecule has 2 saturated carbocycles. The van der Waals surface area contributed by atoms with Gasteiger partial charge in [-0.25, -0.2) is 0 Å². The summed E-state index contributed by atoms with van der Waals surface area (Å²) in [5.41, 5.74) is 0.434. The molecule has 4 aromatic rings. The molecule has 1 saturated heterocycles. The van der Waals surface area contributed by atoms with Crippen molar-refractivity contribution in [3.8, 4) is 11.5 Å². The molecule has 7 rings (SSSR count). The first-order valence-electron chi connectivity index (χ1n) is 18.9. The van der Waals surface area contributed by atoms with E-state index in [9.17, 15) is 19.2 Å². The molecule has 62 heavy (non-hydrogen) atoms. The molecule has 0 radical (unpaired) electrons. The van der Waals surface area contributed by atoms with E-state index < -0.39 is 0 Å². The second kappa shape index (κ2) is 27.5. The van der Waals surface area contributed by atoms with E-state index in [1.165, 1.54) is 36.9 Å². The monoisotopic (exact) mass is 1200 g/mol. The molecule has 2 aromatic carbocycles. The summed E-state index contributed by atoms with van der Waals surface area (Å²) in [6.07, 6.45) is 2.90.